The van der Waals surface area contributed by atoms with Crippen LogP contribution in [-0.4, -0.2) is 20.0 Å². The number of nitro groups is 1. The van der Waals surface area contributed by atoms with Gasteiger partial charge in [0.15, 0.2) is 10.5 Å². The van der Waals surface area contributed by atoms with E-state index in [2.05, 4.69) is 9.97 Å². The van der Waals surface area contributed by atoms with E-state index < -0.39 is 10.7 Å². The van der Waals surface area contributed by atoms with Crippen molar-refractivity contribution < 1.29 is 10.0 Å². The minimum atomic E-state index is -0.658. The molecule has 3 N–H and O–H groups in total. The molecule has 0 amide bonds. The summed E-state index contributed by atoms with van der Waals surface area (Å²) in [5.41, 5.74) is 1.11. The molecular weight excluding hydrogens is 306 g/mol. The summed E-state index contributed by atoms with van der Waals surface area (Å²) in [4.78, 5) is 27.8. The van der Waals surface area contributed by atoms with Gasteiger partial charge in [-0.25, -0.2) is 0 Å². The van der Waals surface area contributed by atoms with Gasteiger partial charge < -0.3 is 10.1 Å². The number of phenolic OH excluding ortho intramolecular Hbond substituents is 1. The van der Waals surface area contributed by atoms with E-state index in [1.165, 1.54) is 12.1 Å². The third kappa shape index (κ3) is 3.40. The van der Waals surface area contributed by atoms with Gasteiger partial charge in [-0.3, -0.25) is 19.9 Å². The summed E-state index contributed by atoms with van der Waals surface area (Å²) in [7, 11) is 0. The zero-order chi connectivity index (χ0) is 16.3. The number of phenols is 1. The monoisotopic (exact) mass is 321 g/mol. The Hall–Kier alpha value is -2.48. The molecule has 1 aromatic carbocycles. The van der Waals surface area contributed by atoms with Gasteiger partial charge >= 0.3 is 5.69 Å². The number of aromatic nitrogens is 2. The van der Waals surface area contributed by atoms with Crippen LogP contribution in [0.5, 0.6) is 5.75 Å². The number of aromatic hydroxyl groups is 1. The zero-order valence-corrected chi connectivity index (χ0v) is 12.7. The second-order valence-corrected chi connectivity index (χ2v) is 5.28. The number of benzene rings is 1. The lowest BCUT2D eigenvalue weighted by Crippen LogP contribution is -2.18. The minimum absolute atomic E-state index is 0.220. The highest BCUT2D eigenvalue weighted by molar-refractivity contribution is 7.71. The molecule has 8 heteroatoms. The third-order valence-electron chi connectivity index (χ3n) is 3.25. The molecule has 2 aromatic rings. The molecule has 22 heavy (non-hydrogen) atoms. The fourth-order valence-corrected chi connectivity index (χ4v) is 2.45. The summed E-state index contributed by atoms with van der Waals surface area (Å²) < 4.78 is 0.258. The largest absolute Gasteiger partial charge is 0.502 e. The molecule has 0 saturated carbocycles. The Morgan fingerprint density at radius 1 is 1.36 bits per heavy atom. The highest BCUT2D eigenvalue weighted by Crippen LogP contribution is 2.27. The molecule has 0 bridgehead atoms. The highest BCUT2D eigenvalue weighted by Gasteiger charge is 2.15. The van der Waals surface area contributed by atoms with Crippen molar-refractivity contribution in [3.63, 3.8) is 0 Å². The number of hydrogen-bond donors (Lipinski definition) is 3. The van der Waals surface area contributed by atoms with Gasteiger partial charge in [-0.2, -0.15) is 0 Å². The average Bonchev–Trinajstić information content (AvgIpc) is 2.44. The summed E-state index contributed by atoms with van der Waals surface area (Å²) in [5, 5.41) is 20.3. The van der Waals surface area contributed by atoms with Gasteiger partial charge in [0.05, 0.1) is 4.92 Å². The summed E-state index contributed by atoms with van der Waals surface area (Å²) >= 11 is 4.96. The van der Waals surface area contributed by atoms with Crippen LogP contribution in [-0.2, 0) is 12.8 Å². The van der Waals surface area contributed by atoms with E-state index in [1.54, 1.807) is 6.07 Å². The molecule has 0 unspecified atom stereocenters. The van der Waals surface area contributed by atoms with E-state index in [-0.39, 0.29) is 22.4 Å². The Kier molecular flexibility index (Phi) is 4.71. The molecule has 0 aliphatic carbocycles. The standard InChI is InChI=1S/C14H15N3O4S/c1-2-3-10-9(13(19)16-14(22)15-10)6-8-4-5-12(18)11(7-8)17(20)21/h4-5,7,18H,2-3,6H2,1H3,(H2,15,16,19,22). The lowest BCUT2D eigenvalue weighted by Gasteiger charge is -2.08. The smallest absolute Gasteiger partial charge is 0.310 e. The fraction of sp³-hybridized carbons (Fsp3) is 0.286. The minimum Gasteiger partial charge on any atom is -0.502 e. The molecule has 0 aliphatic heterocycles. The van der Waals surface area contributed by atoms with Crippen molar-refractivity contribution in [3.8, 4) is 5.75 Å². The molecule has 0 spiro atoms. The number of rotatable bonds is 5. The number of nitrogens with zero attached hydrogens (tertiary/aromatic N) is 1. The van der Waals surface area contributed by atoms with Crippen LogP contribution in [0.4, 0.5) is 5.69 Å². The second kappa shape index (κ2) is 6.52. The van der Waals surface area contributed by atoms with Crippen LogP contribution < -0.4 is 5.56 Å². The van der Waals surface area contributed by atoms with E-state index in [4.69, 9.17) is 12.2 Å². The first-order valence-electron chi connectivity index (χ1n) is 6.73. The predicted molar refractivity (Wildman–Crippen MR) is 83.8 cm³/mol. The Balaban J connectivity index is 2.47. The summed E-state index contributed by atoms with van der Waals surface area (Å²) in [6, 6.07) is 4.08. The molecule has 1 heterocycles. The van der Waals surface area contributed by atoms with Crippen LogP contribution in [0.1, 0.15) is 30.2 Å². The number of hydrogen-bond acceptors (Lipinski definition) is 5. The third-order valence-corrected chi connectivity index (χ3v) is 3.45. The van der Waals surface area contributed by atoms with Gasteiger partial charge in [-0.05, 0) is 30.3 Å². The van der Waals surface area contributed by atoms with Gasteiger partial charge in [0, 0.05) is 23.7 Å². The lowest BCUT2D eigenvalue weighted by atomic mass is 10.0. The first-order chi connectivity index (χ1) is 10.4. The SMILES string of the molecule is CCCc1[nH]c(=S)[nH]c(=O)c1Cc1ccc(O)c([N+](=O)[O-])c1. The summed E-state index contributed by atoms with van der Waals surface area (Å²) in [6.45, 7) is 1.98. The Morgan fingerprint density at radius 3 is 2.73 bits per heavy atom. The van der Waals surface area contributed by atoms with Crippen molar-refractivity contribution in [3.05, 3.63) is 60.3 Å². The Labute approximate surface area is 130 Å². The van der Waals surface area contributed by atoms with Gasteiger partial charge in [0.2, 0.25) is 0 Å². The van der Waals surface area contributed by atoms with Crippen molar-refractivity contribution in [2.75, 3.05) is 0 Å². The molecule has 7 nitrogen and oxygen atoms in total. The van der Waals surface area contributed by atoms with E-state index in [0.29, 0.717) is 17.5 Å². The van der Waals surface area contributed by atoms with Crippen LogP contribution in [0.25, 0.3) is 0 Å². The normalized spacial score (nSPS) is 10.6. The topological polar surface area (TPSA) is 112 Å². The van der Waals surface area contributed by atoms with Gasteiger partial charge in [-0.1, -0.05) is 19.4 Å². The maximum atomic E-state index is 12.1. The molecule has 0 fully saturated rings. The van der Waals surface area contributed by atoms with E-state index in [1.807, 2.05) is 6.92 Å². The summed E-state index contributed by atoms with van der Waals surface area (Å²) in [5.74, 6) is -0.399. The zero-order valence-electron chi connectivity index (χ0n) is 11.9. The highest BCUT2D eigenvalue weighted by atomic mass is 32.1. The van der Waals surface area contributed by atoms with E-state index in [9.17, 15) is 20.0 Å². The Bertz CT molecular complexity index is 826. The number of aryl methyl sites for hydroxylation is 1. The van der Waals surface area contributed by atoms with Crippen molar-refractivity contribution >= 4 is 17.9 Å². The summed E-state index contributed by atoms with van der Waals surface area (Å²) in [6.07, 6.45) is 1.71. The molecule has 0 atom stereocenters. The maximum absolute atomic E-state index is 12.1. The molecular formula is C14H15N3O4S. The van der Waals surface area contributed by atoms with E-state index >= 15 is 0 Å². The van der Waals surface area contributed by atoms with Crippen molar-refractivity contribution in [1.29, 1.82) is 0 Å². The first kappa shape index (κ1) is 15.9. The lowest BCUT2D eigenvalue weighted by molar-refractivity contribution is -0.385. The maximum Gasteiger partial charge on any atom is 0.310 e. The van der Waals surface area contributed by atoms with Crippen molar-refractivity contribution in [2.24, 2.45) is 0 Å². The predicted octanol–water partition coefficient (Wildman–Crippen LogP) is 2.59. The molecule has 0 saturated heterocycles. The average molecular weight is 321 g/mol. The Morgan fingerprint density at radius 2 is 2.09 bits per heavy atom. The number of nitrogens with one attached hydrogen (secondary N) is 2. The first-order valence-corrected chi connectivity index (χ1v) is 7.13. The fourth-order valence-electron chi connectivity index (χ4n) is 2.24. The number of aromatic amines is 2. The molecule has 0 aliphatic rings. The second-order valence-electron chi connectivity index (χ2n) is 4.87. The number of H-pyrrole nitrogens is 2. The quantitative estimate of drug-likeness (QED) is 0.445. The van der Waals surface area contributed by atoms with Gasteiger partial charge in [0.25, 0.3) is 5.56 Å². The van der Waals surface area contributed by atoms with Crippen molar-refractivity contribution in [1.82, 2.24) is 9.97 Å². The van der Waals surface area contributed by atoms with Crippen LogP contribution in [0.15, 0.2) is 23.0 Å². The van der Waals surface area contributed by atoms with Crippen LogP contribution in [0.3, 0.4) is 0 Å². The molecule has 2 rings (SSSR count). The molecule has 1 aromatic heterocycles. The van der Waals surface area contributed by atoms with Crippen LogP contribution in [0, 0.1) is 14.9 Å². The van der Waals surface area contributed by atoms with Gasteiger partial charge in [-0.15, -0.1) is 0 Å². The molecule has 116 valence electrons. The van der Waals surface area contributed by atoms with Crippen LogP contribution >= 0.6 is 12.2 Å². The van der Waals surface area contributed by atoms with Gasteiger partial charge in [0.1, 0.15) is 0 Å². The van der Waals surface area contributed by atoms with Crippen molar-refractivity contribution in [2.45, 2.75) is 26.2 Å². The number of nitro benzene ring substituents is 1. The van der Waals surface area contributed by atoms with E-state index in [0.717, 1.165) is 12.1 Å². The van der Waals surface area contributed by atoms with Crippen LogP contribution in [0.2, 0.25) is 0 Å². The molecule has 0 radical (unpaired) electrons.